The van der Waals surface area contributed by atoms with E-state index >= 15 is 0 Å². The number of rotatable bonds is 7. The summed E-state index contributed by atoms with van der Waals surface area (Å²) < 4.78 is 0. The van der Waals surface area contributed by atoms with Gasteiger partial charge in [-0.1, -0.05) is 48.5 Å². The van der Waals surface area contributed by atoms with E-state index in [0.29, 0.717) is 0 Å². The molecular formula is C15H21N3O. The average molecular weight is 259 g/mol. The molecule has 0 aliphatic rings. The quantitative estimate of drug-likeness (QED) is 0.342. The van der Waals surface area contributed by atoms with Crippen molar-refractivity contribution in [2.75, 3.05) is 0 Å². The summed E-state index contributed by atoms with van der Waals surface area (Å²) in [6, 6.07) is 10.0. The van der Waals surface area contributed by atoms with Gasteiger partial charge < -0.3 is 10.3 Å². The average Bonchev–Trinajstić information content (AvgIpc) is 2.45. The van der Waals surface area contributed by atoms with Crippen LogP contribution in [0.3, 0.4) is 0 Å². The SMILES string of the molecule is CC/C(=N\O/C(C)=C/C/C=C\NN)c1ccccc1. The van der Waals surface area contributed by atoms with Gasteiger partial charge in [0.05, 0.1) is 5.71 Å². The van der Waals surface area contributed by atoms with Gasteiger partial charge >= 0.3 is 0 Å². The fourth-order valence-electron chi connectivity index (χ4n) is 1.49. The molecule has 0 unspecified atom stereocenters. The maximum absolute atomic E-state index is 5.39. The summed E-state index contributed by atoms with van der Waals surface area (Å²) in [6.45, 7) is 3.94. The van der Waals surface area contributed by atoms with E-state index in [1.54, 1.807) is 6.20 Å². The van der Waals surface area contributed by atoms with Crippen molar-refractivity contribution >= 4 is 5.71 Å². The molecule has 0 aliphatic carbocycles. The molecule has 4 nitrogen and oxygen atoms in total. The summed E-state index contributed by atoms with van der Waals surface area (Å²) >= 11 is 0. The molecule has 0 bridgehead atoms. The topological polar surface area (TPSA) is 59.6 Å². The molecule has 19 heavy (non-hydrogen) atoms. The second kappa shape index (κ2) is 8.94. The highest BCUT2D eigenvalue weighted by atomic mass is 16.6. The van der Waals surface area contributed by atoms with Crippen LogP contribution in [-0.2, 0) is 4.84 Å². The van der Waals surface area contributed by atoms with E-state index in [-0.39, 0.29) is 0 Å². The van der Waals surface area contributed by atoms with Gasteiger partial charge in [-0.05, 0) is 31.4 Å². The molecule has 0 saturated heterocycles. The maximum atomic E-state index is 5.39. The standard InChI is InChI=1S/C15H21N3O/c1-3-15(14-10-5-4-6-11-14)18-19-13(2)9-7-8-12-17-16/h4-6,8-12,17H,3,7,16H2,1-2H3/b12-8-,13-9+,18-15+. The zero-order chi connectivity index (χ0) is 13.9. The summed E-state index contributed by atoms with van der Waals surface area (Å²) in [5, 5.41) is 4.20. The van der Waals surface area contributed by atoms with Crippen LogP contribution in [0, 0.1) is 0 Å². The zero-order valence-corrected chi connectivity index (χ0v) is 11.5. The number of hydrazine groups is 1. The molecular weight excluding hydrogens is 238 g/mol. The second-order valence-corrected chi connectivity index (χ2v) is 3.97. The number of benzene rings is 1. The van der Waals surface area contributed by atoms with Crippen LogP contribution in [-0.4, -0.2) is 5.71 Å². The maximum Gasteiger partial charge on any atom is 0.128 e. The molecule has 0 spiro atoms. The molecule has 102 valence electrons. The molecule has 0 atom stereocenters. The van der Waals surface area contributed by atoms with Gasteiger partial charge in [0.2, 0.25) is 0 Å². The highest BCUT2D eigenvalue weighted by Gasteiger charge is 2.00. The number of hydrogen-bond donors (Lipinski definition) is 2. The van der Waals surface area contributed by atoms with Crippen molar-refractivity contribution in [3.8, 4) is 0 Å². The summed E-state index contributed by atoms with van der Waals surface area (Å²) in [7, 11) is 0. The predicted molar refractivity (Wildman–Crippen MR) is 79.2 cm³/mol. The lowest BCUT2D eigenvalue weighted by atomic mass is 10.1. The van der Waals surface area contributed by atoms with Crippen molar-refractivity contribution < 1.29 is 4.84 Å². The van der Waals surface area contributed by atoms with Crippen molar-refractivity contribution in [1.29, 1.82) is 0 Å². The van der Waals surface area contributed by atoms with Crippen LogP contribution in [0.4, 0.5) is 0 Å². The minimum atomic E-state index is 0.748. The normalized spacial score (nSPS) is 12.8. The molecule has 0 saturated carbocycles. The van der Waals surface area contributed by atoms with Gasteiger partial charge in [0, 0.05) is 6.20 Å². The van der Waals surface area contributed by atoms with Crippen LogP contribution < -0.4 is 11.3 Å². The lowest BCUT2D eigenvalue weighted by Crippen LogP contribution is -2.12. The Kier molecular flexibility index (Phi) is 7.05. The monoisotopic (exact) mass is 259 g/mol. The van der Waals surface area contributed by atoms with Crippen molar-refractivity contribution in [2.24, 2.45) is 11.0 Å². The van der Waals surface area contributed by atoms with E-state index in [2.05, 4.69) is 17.5 Å². The van der Waals surface area contributed by atoms with Crippen LogP contribution in [0.1, 0.15) is 32.3 Å². The Labute approximate surface area is 114 Å². The van der Waals surface area contributed by atoms with Crippen molar-refractivity contribution in [3.63, 3.8) is 0 Å². The molecule has 4 heteroatoms. The van der Waals surface area contributed by atoms with Gasteiger partial charge in [0.25, 0.3) is 0 Å². The van der Waals surface area contributed by atoms with Crippen molar-refractivity contribution in [1.82, 2.24) is 5.43 Å². The van der Waals surface area contributed by atoms with E-state index < -0.39 is 0 Å². The van der Waals surface area contributed by atoms with Gasteiger partial charge in [-0.15, -0.1) is 0 Å². The molecule has 0 aromatic heterocycles. The highest BCUT2D eigenvalue weighted by molar-refractivity contribution is 5.99. The van der Waals surface area contributed by atoms with Crippen molar-refractivity contribution in [3.05, 3.63) is 60.0 Å². The summed E-state index contributed by atoms with van der Waals surface area (Å²) in [5.74, 6) is 5.88. The third-order valence-electron chi connectivity index (χ3n) is 2.50. The van der Waals surface area contributed by atoms with E-state index in [1.807, 2.05) is 49.4 Å². The van der Waals surface area contributed by atoms with E-state index in [1.165, 1.54) is 0 Å². The summed E-state index contributed by atoms with van der Waals surface area (Å²) in [4.78, 5) is 5.39. The Morgan fingerprint density at radius 1 is 1.37 bits per heavy atom. The molecule has 0 amide bonds. The number of nitrogens with two attached hydrogens (primary N) is 1. The van der Waals surface area contributed by atoms with Gasteiger partial charge in [0.15, 0.2) is 0 Å². The molecule has 1 aromatic carbocycles. The first kappa shape index (κ1) is 15.0. The Morgan fingerprint density at radius 2 is 2.11 bits per heavy atom. The number of allylic oxidation sites excluding steroid dienone is 3. The summed E-state index contributed by atoms with van der Waals surface area (Å²) in [6.07, 6.45) is 7.09. The van der Waals surface area contributed by atoms with E-state index in [0.717, 1.165) is 29.9 Å². The Hall–Kier alpha value is -2.07. The van der Waals surface area contributed by atoms with E-state index in [4.69, 9.17) is 10.7 Å². The number of hydrogen-bond acceptors (Lipinski definition) is 4. The predicted octanol–water partition coefficient (Wildman–Crippen LogP) is 3.09. The Morgan fingerprint density at radius 3 is 2.74 bits per heavy atom. The first-order valence-electron chi connectivity index (χ1n) is 6.35. The molecule has 0 radical (unpaired) electrons. The van der Waals surface area contributed by atoms with Crippen LogP contribution in [0.25, 0.3) is 0 Å². The number of oxime groups is 1. The molecule has 1 aromatic rings. The minimum absolute atomic E-state index is 0.748. The highest BCUT2D eigenvalue weighted by Crippen LogP contribution is 2.07. The third kappa shape index (κ3) is 5.88. The van der Waals surface area contributed by atoms with Crippen LogP contribution in [0.2, 0.25) is 0 Å². The smallest absolute Gasteiger partial charge is 0.128 e. The molecule has 0 aliphatic heterocycles. The van der Waals surface area contributed by atoms with Crippen LogP contribution >= 0.6 is 0 Å². The Bertz CT molecular complexity index is 450. The van der Waals surface area contributed by atoms with Gasteiger partial charge in [0.1, 0.15) is 5.76 Å². The lowest BCUT2D eigenvalue weighted by molar-refractivity contribution is 0.228. The Balaban J connectivity index is 2.60. The molecule has 0 heterocycles. The largest absolute Gasteiger partial charge is 0.362 e. The zero-order valence-electron chi connectivity index (χ0n) is 11.5. The molecule has 3 N–H and O–H groups in total. The fraction of sp³-hybridized carbons (Fsp3) is 0.267. The lowest BCUT2D eigenvalue weighted by Gasteiger charge is -2.04. The third-order valence-corrected chi connectivity index (χ3v) is 2.50. The summed E-state index contributed by atoms with van der Waals surface area (Å²) in [5.41, 5.74) is 4.47. The van der Waals surface area contributed by atoms with Gasteiger partial charge in [-0.2, -0.15) is 0 Å². The molecule has 1 rings (SSSR count). The number of nitrogens with zero attached hydrogens (tertiary/aromatic N) is 1. The van der Waals surface area contributed by atoms with Crippen molar-refractivity contribution in [2.45, 2.75) is 26.7 Å². The minimum Gasteiger partial charge on any atom is -0.362 e. The van der Waals surface area contributed by atoms with Crippen LogP contribution in [0.5, 0.6) is 0 Å². The van der Waals surface area contributed by atoms with Crippen LogP contribution in [0.15, 0.2) is 59.6 Å². The number of nitrogens with one attached hydrogen (secondary N) is 1. The molecule has 0 fully saturated rings. The fourth-order valence-corrected chi connectivity index (χ4v) is 1.49. The van der Waals surface area contributed by atoms with E-state index in [9.17, 15) is 0 Å². The van der Waals surface area contributed by atoms with Gasteiger partial charge in [-0.3, -0.25) is 5.84 Å². The first-order chi connectivity index (χ1) is 9.27. The second-order valence-electron chi connectivity index (χ2n) is 3.97. The van der Waals surface area contributed by atoms with Gasteiger partial charge in [-0.25, -0.2) is 0 Å². The first-order valence-corrected chi connectivity index (χ1v) is 6.35.